The molecule has 0 radical (unpaired) electrons. The van der Waals surface area contributed by atoms with Gasteiger partial charge in [-0.15, -0.1) is 0 Å². The summed E-state index contributed by atoms with van der Waals surface area (Å²) in [6, 6.07) is 12.8. The van der Waals surface area contributed by atoms with Gasteiger partial charge < -0.3 is 25.4 Å². The van der Waals surface area contributed by atoms with E-state index in [1.54, 1.807) is 18.2 Å². The van der Waals surface area contributed by atoms with Crippen LogP contribution in [0.3, 0.4) is 0 Å². The van der Waals surface area contributed by atoms with E-state index in [0.29, 0.717) is 17.1 Å². The lowest BCUT2D eigenvalue weighted by atomic mass is 10.1. The molecule has 2 aromatic carbocycles. The molecule has 0 saturated carbocycles. The first-order valence-electron chi connectivity index (χ1n) is 8.83. The molecule has 30 heavy (non-hydrogen) atoms. The van der Waals surface area contributed by atoms with Crippen LogP contribution >= 0.6 is 47.0 Å². The van der Waals surface area contributed by atoms with Crippen molar-refractivity contribution in [2.75, 3.05) is 19.5 Å². The number of anilines is 1. The summed E-state index contributed by atoms with van der Waals surface area (Å²) < 4.78 is 8.61. The maximum atomic E-state index is 12.5. The summed E-state index contributed by atoms with van der Waals surface area (Å²) in [6.07, 6.45) is -1.02. The maximum absolute atomic E-state index is 12.5. The van der Waals surface area contributed by atoms with Gasteiger partial charge in [-0.1, -0.05) is 58.6 Å². The Balaban J connectivity index is 2.02. The summed E-state index contributed by atoms with van der Waals surface area (Å²) in [7, 11) is 3.06. The highest BCUT2D eigenvalue weighted by Gasteiger charge is 2.34. The average Bonchev–Trinajstić information content (AvgIpc) is 2.68. The Morgan fingerprint density at radius 1 is 1.03 bits per heavy atom. The number of nitrogens with one attached hydrogen (secondary N) is 3. The van der Waals surface area contributed by atoms with E-state index in [2.05, 4.69) is 16.0 Å². The van der Waals surface area contributed by atoms with Gasteiger partial charge in [0.15, 0.2) is 16.6 Å². The Morgan fingerprint density at radius 3 is 2.23 bits per heavy atom. The van der Waals surface area contributed by atoms with E-state index in [-0.39, 0.29) is 17.4 Å². The molecule has 6 nitrogen and oxygen atoms in total. The number of thiocarbonyl (C=S) groups is 1. The molecule has 0 unspecified atom stereocenters. The van der Waals surface area contributed by atoms with Gasteiger partial charge in [-0.05, 0) is 49.0 Å². The number of carbonyl (C=O) groups is 1. The summed E-state index contributed by atoms with van der Waals surface area (Å²) >= 11 is 23.4. The molecule has 0 heterocycles. The molecule has 1 amide bonds. The third kappa shape index (κ3) is 7.40. The number of hydrogen-bond donors (Lipinski definition) is 3. The van der Waals surface area contributed by atoms with E-state index >= 15 is 0 Å². The van der Waals surface area contributed by atoms with Crippen LogP contribution in [0.4, 0.5) is 5.69 Å². The van der Waals surface area contributed by atoms with Crippen molar-refractivity contribution >= 4 is 63.7 Å². The molecule has 0 aliphatic heterocycles. The van der Waals surface area contributed by atoms with Crippen LogP contribution in [0.5, 0.6) is 11.5 Å². The number of hydrogen-bond acceptors (Lipinski definition) is 4. The molecule has 3 N–H and O–H groups in total. The first-order valence-corrected chi connectivity index (χ1v) is 10.4. The minimum Gasteiger partial charge on any atom is -0.493 e. The highest BCUT2D eigenvalue weighted by Crippen LogP contribution is 2.30. The second-order valence-electron chi connectivity index (χ2n) is 6.37. The number of rotatable bonds is 7. The molecule has 2 aromatic rings. The third-order valence-corrected chi connectivity index (χ3v) is 4.90. The number of aryl methyl sites for hydroxylation is 1. The molecule has 0 saturated heterocycles. The number of methoxy groups -OCH3 is 2. The SMILES string of the molecule is COc1ccc(CC(=O)N[C@H](NC(=S)Nc2ccc(C)cc2)C(Cl)(Cl)Cl)cc1OC. The van der Waals surface area contributed by atoms with Gasteiger partial charge in [-0.2, -0.15) is 0 Å². The molecule has 0 spiro atoms. The third-order valence-electron chi connectivity index (χ3n) is 4.03. The normalized spacial score (nSPS) is 11.9. The first-order chi connectivity index (χ1) is 14.1. The van der Waals surface area contributed by atoms with Crippen molar-refractivity contribution in [3.63, 3.8) is 0 Å². The molecule has 0 aliphatic rings. The van der Waals surface area contributed by atoms with Crippen LogP contribution in [0.2, 0.25) is 0 Å². The number of amides is 1. The zero-order valence-corrected chi connectivity index (χ0v) is 19.7. The van der Waals surface area contributed by atoms with Crippen molar-refractivity contribution in [2.45, 2.75) is 23.3 Å². The Labute approximate surface area is 196 Å². The Kier molecular flexibility index (Phi) is 8.85. The molecular formula is C20H22Cl3N3O3S. The molecular weight excluding hydrogens is 469 g/mol. The molecule has 1 atom stereocenters. The van der Waals surface area contributed by atoms with Crippen molar-refractivity contribution in [1.29, 1.82) is 0 Å². The van der Waals surface area contributed by atoms with Crippen molar-refractivity contribution in [3.8, 4) is 11.5 Å². The summed E-state index contributed by atoms with van der Waals surface area (Å²) in [5.41, 5.74) is 2.58. The molecule has 10 heteroatoms. The Morgan fingerprint density at radius 2 is 1.67 bits per heavy atom. The van der Waals surface area contributed by atoms with Crippen molar-refractivity contribution in [3.05, 3.63) is 53.6 Å². The minimum absolute atomic E-state index is 0.0391. The van der Waals surface area contributed by atoms with Crippen molar-refractivity contribution in [2.24, 2.45) is 0 Å². The first kappa shape index (κ1) is 24.3. The Bertz CT molecular complexity index is 889. The molecule has 0 bridgehead atoms. The zero-order chi connectivity index (χ0) is 22.3. The van der Waals surface area contributed by atoms with Crippen LogP contribution in [-0.2, 0) is 11.2 Å². The smallest absolute Gasteiger partial charge is 0.228 e. The van der Waals surface area contributed by atoms with Crippen molar-refractivity contribution < 1.29 is 14.3 Å². The Hall–Kier alpha value is -1.93. The van der Waals surface area contributed by atoms with Crippen LogP contribution in [0.15, 0.2) is 42.5 Å². The van der Waals surface area contributed by atoms with E-state index in [1.165, 1.54) is 14.2 Å². The van der Waals surface area contributed by atoms with E-state index < -0.39 is 9.96 Å². The van der Waals surface area contributed by atoms with Gasteiger partial charge >= 0.3 is 0 Å². The summed E-state index contributed by atoms with van der Waals surface area (Å²) in [4.78, 5) is 12.5. The van der Waals surface area contributed by atoms with E-state index in [1.807, 2.05) is 31.2 Å². The summed E-state index contributed by atoms with van der Waals surface area (Å²) in [5, 5.41) is 8.66. The molecule has 0 fully saturated rings. The monoisotopic (exact) mass is 489 g/mol. The number of carbonyl (C=O) groups excluding carboxylic acids is 1. The van der Waals surface area contributed by atoms with Gasteiger partial charge in [-0.25, -0.2) is 0 Å². The van der Waals surface area contributed by atoms with Gasteiger partial charge in [0.2, 0.25) is 9.70 Å². The molecule has 0 aromatic heterocycles. The molecule has 0 aliphatic carbocycles. The largest absolute Gasteiger partial charge is 0.493 e. The quantitative estimate of drug-likeness (QED) is 0.304. The predicted octanol–water partition coefficient (Wildman–Crippen LogP) is 4.35. The number of alkyl halides is 3. The van der Waals surface area contributed by atoms with Gasteiger partial charge in [0.1, 0.15) is 6.17 Å². The van der Waals surface area contributed by atoms with E-state index in [4.69, 9.17) is 56.5 Å². The lowest BCUT2D eigenvalue weighted by Gasteiger charge is -2.28. The lowest BCUT2D eigenvalue weighted by molar-refractivity contribution is -0.121. The number of benzene rings is 2. The van der Waals surface area contributed by atoms with Gasteiger partial charge in [0, 0.05) is 5.69 Å². The molecule has 2 rings (SSSR count). The van der Waals surface area contributed by atoms with Crippen LogP contribution < -0.4 is 25.4 Å². The zero-order valence-electron chi connectivity index (χ0n) is 16.6. The van der Waals surface area contributed by atoms with Crippen LogP contribution in [0.25, 0.3) is 0 Å². The van der Waals surface area contributed by atoms with Crippen LogP contribution in [0, 0.1) is 6.92 Å². The predicted molar refractivity (Wildman–Crippen MR) is 126 cm³/mol. The standard InChI is InChI=1S/C20H22Cl3N3O3S/c1-12-4-7-14(8-5-12)24-19(30)26-18(20(21,22)23)25-17(27)11-13-6-9-15(28-2)16(10-13)29-3/h4-10,18H,11H2,1-3H3,(H,25,27)(H2,24,26,30)/t18-/m1/s1. The number of halogens is 3. The minimum atomic E-state index is -1.84. The topological polar surface area (TPSA) is 71.6 Å². The van der Waals surface area contributed by atoms with Gasteiger partial charge in [-0.3, -0.25) is 4.79 Å². The van der Waals surface area contributed by atoms with Crippen molar-refractivity contribution in [1.82, 2.24) is 10.6 Å². The van der Waals surface area contributed by atoms with Gasteiger partial charge in [0.05, 0.1) is 20.6 Å². The average molecular weight is 491 g/mol. The number of ether oxygens (including phenoxy) is 2. The summed E-state index contributed by atoms with van der Waals surface area (Å²) in [5.74, 6) is 0.710. The van der Waals surface area contributed by atoms with E-state index in [0.717, 1.165) is 11.3 Å². The van der Waals surface area contributed by atoms with Gasteiger partial charge in [0.25, 0.3) is 0 Å². The molecule has 162 valence electrons. The second-order valence-corrected chi connectivity index (χ2v) is 9.15. The maximum Gasteiger partial charge on any atom is 0.228 e. The highest BCUT2D eigenvalue weighted by molar-refractivity contribution is 7.80. The van der Waals surface area contributed by atoms with E-state index in [9.17, 15) is 4.79 Å². The van der Waals surface area contributed by atoms with Crippen LogP contribution in [-0.4, -0.2) is 35.2 Å². The lowest BCUT2D eigenvalue weighted by Crippen LogP contribution is -2.56. The fraction of sp³-hybridized carbons (Fsp3) is 0.300. The second kappa shape index (κ2) is 10.9. The fourth-order valence-corrected chi connectivity index (χ4v) is 3.09. The fourth-order valence-electron chi connectivity index (χ4n) is 2.52. The van der Waals surface area contributed by atoms with Crippen LogP contribution in [0.1, 0.15) is 11.1 Å². The summed E-state index contributed by atoms with van der Waals surface area (Å²) in [6.45, 7) is 1.98. The highest BCUT2D eigenvalue weighted by atomic mass is 35.6.